The first-order valence-electron chi connectivity index (χ1n) is 7.02. The largest absolute Gasteiger partial charge is 0.322 e. The van der Waals surface area contributed by atoms with Crippen LogP contribution in [0.2, 0.25) is 5.15 Å². The molecule has 5 nitrogen and oxygen atoms in total. The Labute approximate surface area is 122 Å². The molecule has 1 fully saturated rings. The van der Waals surface area contributed by atoms with Crippen LogP contribution in [0, 0.1) is 5.92 Å². The average Bonchev–Trinajstić information content (AvgIpc) is 2.92. The van der Waals surface area contributed by atoms with Gasteiger partial charge < -0.3 is 5.32 Å². The molecule has 1 aliphatic carbocycles. The van der Waals surface area contributed by atoms with E-state index in [-0.39, 0.29) is 5.91 Å². The first-order valence-corrected chi connectivity index (χ1v) is 7.39. The van der Waals surface area contributed by atoms with Crippen LogP contribution >= 0.6 is 11.6 Å². The van der Waals surface area contributed by atoms with Gasteiger partial charge in [0.25, 0.3) is 0 Å². The third-order valence-corrected chi connectivity index (χ3v) is 4.16. The highest BCUT2D eigenvalue weighted by Gasteiger charge is 2.18. The van der Waals surface area contributed by atoms with E-state index < -0.39 is 0 Å². The van der Waals surface area contributed by atoms with E-state index in [0.29, 0.717) is 23.2 Å². The number of nitrogens with zero attached hydrogens (tertiary/aromatic N) is 3. The average molecular weight is 293 g/mol. The van der Waals surface area contributed by atoms with Crippen LogP contribution in [0.3, 0.4) is 0 Å². The Bertz CT molecular complexity index is 619. The monoisotopic (exact) mass is 292 g/mol. The molecule has 0 aromatic carbocycles. The number of hydrogen-bond acceptors (Lipinski definition) is 3. The van der Waals surface area contributed by atoms with E-state index >= 15 is 0 Å². The molecule has 0 aliphatic heterocycles. The van der Waals surface area contributed by atoms with Crippen molar-refractivity contribution in [3.8, 4) is 0 Å². The Hall–Kier alpha value is -1.62. The maximum atomic E-state index is 12.2. The molecule has 1 amide bonds. The fourth-order valence-electron chi connectivity index (χ4n) is 2.84. The van der Waals surface area contributed by atoms with Crippen LogP contribution in [-0.4, -0.2) is 20.5 Å². The Kier molecular flexibility index (Phi) is 3.87. The Morgan fingerprint density at radius 3 is 3.00 bits per heavy atom. The molecule has 1 saturated carbocycles. The summed E-state index contributed by atoms with van der Waals surface area (Å²) >= 11 is 6.08. The second kappa shape index (κ2) is 5.79. The highest BCUT2D eigenvalue weighted by Crippen LogP contribution is 2.28. The number of hydrogen-bond donors (Lipinski definition) is 1. The topological polar surface area (TPSA) is 59.3 Å². The minimum absolute atomic E-state index is 0.00917. The van der Waals surface area contributed by atoms with Crippen molar-refractivity contribution in [3.05, 3.63) is 23.7 Å². The van der Waals surface area contributed by atoms with E-state index in [1.54, 1.807) is 10.7 Å². The van der Waals surface area contributed by atoms with E-state index in [4.69, 9.17) is 11.6 Å². The van der Waals surface area contributed by atoms with Gasteiger partial charge in [-0.25, -0.2) is 9.50 Å². The van der Waals surface area contributed by atoms with Crippen LogP contribution in [0.15, 0.2) is 18.6 Å². The molecule has 0 atom stereocenters. The van der Waals surface area contributed by atoms with E-state index in [2.05, 4.69) is 15.4 Å². The molecule has 2 heterocycles. The van der Waals surface area contributed by atoms with Gasteiger partial charge in [0.1, 0.15) is 12.0 Å². The summed E-state index contributed by atoms with van der Waals surface area (Å²) in [4.78, 5) is 16.2. The minimum atomic E-state index is 0.00917. The molecule has 20 heavy (non-hydrogen) atoms. The quantitative estimate of drug-likeness (QED) is 0.883. The van der Waals surface area contributed by atoms with Crippen molar-refractivity contribution in [2.24, 2.45) is 5.92 Å². The number of carbonyl (C=O) groups excluding carboxylic acids is 1. The van der Waals surface area contributed by atoms with Gasteiger partial charge in [-0.3, -0.25) is 4.79 Å². The molecule has 2 aromatic heterocycles. The van der Waals surface area contributed by atoms with Crippen LogP contribution in [0.5, 0.6) is 0 Å². The van der Waals surface area contributed by atoms with E-state index in [1.165, 1.54) is 25.6 Å². The van der Waals surface area contributed by atoms with Crippen molar-refractivity contribution in [3.63, 3.8) is 0 Å². The molecule has 0 spiro atoms. The van der Waals surface area contributed by atoms with Gasteiger partial charge in [0.05, 0.1) is 11.7 Å². The molecule has 106 valence electrons. The molecule has 1 N–H and O–H groups in total. The van der Waals surface area contributed by atoms with Crippen LogP contribution in [0.4, 0.5) is 5.69 Å². The Morgan fingerprint density at radius 2 is 2.20 bits per heavy atom. The van der Waals surface area contributed by atoms with Crippen molar-refractivity contribution < 1.29 is 4.79 Å². The standard InChI is InChI=1S/C14H17ClN4O/c15-14-13(11-6-7-17-19(11)9-16-14)18-12(20)8-10-4-2-1-3-5-10/h6-7,9-10H,1-5,8H2,(H,18,20). The van der Waals surface area contributed by atoms with E-state index in [9.17, 15) is 4.79 Å². The third-order valence-electron chi connectivity index (χ3n) is 3.88. The SMILES string of the molecule is O=C(CC1CCCCC1)Nc1c(Cl)ncn2nccc12. The summed E-state index contributed by atoms with van der Waals surface area (Å²) < 4.78 is 1.60. The number of nitrogens with one attached hydrogen (secondary N) is 1. The summed E-state index contributed by atoms with van der Waals surface area (Å²) in [5, 5.41) is 7.28. The van der Waals surface area contributed by atoms with Gasteiger partial charge in [-0.2, -0.15) is 5.10 Å². The molecule has 0 unspecified atom stereocenters. The molecular weight excluding hydrogens is 276 g/mol. The van der Waals surface area contributed by atoms with Crippen molar-refractivity contribution in [2.45, 2.75) is 38.5 Å². The van der Waals surface area contributed by atoms with E-state index in [1.807, 2.05) is 6.07 Å². The Balaban J connectivity index is 1.73. The lowest BCUT2D eigenvalue weighted by molar-refractivity contribution is -0.117. The number of halogens is 1. The molecule has 0 bridgehead atoms. The predicted octanol–water partition coefficient (Wildman–Crippen LogP) is 3.29. The summed E-state index contributed by atoms with van der Waals surface area (Å²) in [5.41, 5.74) is 1.31. The zero-order chi connectivity index (χ0) is 13.9. The van der Waals surface area contributed by atoms with Crippen molar-refractivity contribution in [2.75, 3.05) is 5.32 Å². The maximum Gasteiger partial charge on any atom is 0.224 e. The molecular formula is C14H17ClN4O. The summed E-state index contributed by atoms with van der Waals surface area (Å²) in [7, 11) is 0. The number of carbonyl (C=O) groups is 1. The number of fused-ring (bicyclic) bond motifs is 1. The number of aromatic nitrogens is 3. The predicted molar refractivity (Wildman–Crippen MR) is 77.8 cm³/mol. The van der Waals surface area contributed by atoms with Gasteiger partial charge in [-0.15, -0.1) is 0 Å². The lowest BCUT2D eigenvalue weighted by atomic mass is 9.87. The van der Waals surface area contributed by atoms with Crippen LogP contribution in [0.25, 0.3) is 5.52 Å². The van der Waals surface area contributed by atoms with Crippen LogP contribution in [0.1, 0.15) is 38.5 Å². The summed E-state index contributed by atoms with van der Waals surface area (Å²) in [6.07, 6.45) is 9.82. The third kappa shape index (κ3) is 2.77. The number of anilines is 1. The molecule has 3 rings (SSSR count). The maximum absolute atomic E-state index is 12.2. The van der Waals surface area contributed by atoms with Crippen molar-refractivity contribution in [1.82, 2.24) is 14.6 Å². The first-order chi connectivity index (χ1) is 9.74. The smallest absolute Gasteiger partial charge is 0.224 e. The minimum Gasteiger partial charge on any atom is -0.322 e. The molecule has 2 aromatic rings. The van der Waals surface area contributed by atoms with Gasteiger partial charge in [0.15, 0.2) is 5.15 Å². The van der Waals surface area contributed by atoms with Crippen LogP contribution < -0.4 is 5.32 Å². The molecule has 0 radical (unpaired) electrons. The van der Waals surface area contributed by atoms with E-state index in [0.717, 1.165) is 18.4 Å². The van der Waals surface area contributed by atoms with Gasteiger partial charge in [0, 0.05) is 6.42 Å². The van der Waals surface area contributed by atoms with Gasteiger partial charge in [-0.1, -0.05) is 30.9 Å². The van der Waals surface area contributed by atoms with Gasteiger partial charge in [0.2, 0.25) is 5.91 Å². The van der Waals surface area contributed by atoms with Gasteiger partial charge >= 0.3 is 0 Å². The second-order valence-electron chi connectivity index (χ2n) is 5.33. The highest BCUT2D eigenvalue weighted by molar-refractivity contribution is 6.33. The molecule has 0 saturated heterocycles. The zero-order valence-corrected chi connectivity index (χ0v) is 11.9. The second-order valence-corrected chi connectivity index (χ2v) is 5.69. The Morgan fingerprint density at radius 1 is 1.40 bits per heavy atom. The zero-order valence-electron chi connectivity index (χ0n) is 11.2. The first kappa shape index (κ1) is 13.4. The summed E-state index contributed by atoms with van der Waals surface area (Å²) in [6.45, 7) is 0. The fourth-order valence-corrected chi connectivity index (χ4v) is 3.03. The van der Waals surface area contributed by atoms with Gasteiger partial charge in [-0.05, 0) is 24.8 Å². The molecule has 6 heteroatoms. The summed E-state index contributed by atoms with van der Waals surface area (Å²) in [6, 6.07) is 1.81. The summed E-state index contributed by atoms with van der Waals surface area (Å²) in [5.74, 6) is 0.509. The fraction of sp³-hybridized carbons (Fsp3) is 0.500. The lowest BCUT2D eigenvalue weighted by Gasteiger charge is -2.21. The lowest BCUT2D eigenvalue weighted by Crippen LogP contribution is -2.19. The van der Waals surface area contributed by atoms with Crippen LogP contribution in [-0.2, 0) is 4.79 Å². The molecule has 1 aliphatic rings. The van der Waals surface area contributed by atoms with Crippen molar-refractivity contribution in [1.29, 1.82) is 0 Å². The number of amides is 1. The van der Waals surface area contributed by atoms with Crippen molar-refractivity contribution >= 4 is 28.7 Å². The normalized spacial score (nSPS) is 16.4. The number of rotatable bonds is 3. The highest BCUT2D eigenvalue weighted by atomic mass is 35.5.